The number of imidazole rings is 4. The molecule has 25 heteroatoms. The molecular weight excluding hydrogens is 1390 g/mol. The molecule has 14 rings (SSSR count). The lowest BCUT2D eigenvalue weighted by atomic mass is 10.1. The second-order valence-corrected chi connectivity index (χ2v) is 22.5. The molecule has 2 fully saturated rings. The number of morpholine rings is 2. The monoisotopic (exact) mass is 1430 g/mol. The van der Waals surface area contributed by atoms with Crippen molar-refractivity contribution in [2.75, 3.05) is 52.6 Å². The summed E-state index contributed by atoms with van der Waals surface area (Å²) in [4.78, 5) is 73.9. The van der Waals surface area contributed by atoms with Crippen molar-refractivity contribution in [2.45, 2.75) is 0 Å². The van der Waals surface area contributed by atoms with Crippen LogP contribution >= 0.6 is 70.4 Å². The van der Waals surface area contributed by atoms with Gasteiger partial charge in [-0.15, -0.1) is 0 Å². The van der Waals surface area contributed by atoms with Crippen LogP contribution in [-0.2, 0) is 9.47 Å². The number of fused-ring (bicyclic) bond motifs is 4. The predicted molar refractivity (Wildman–Crippen MR) is 336 cm³/mol. The van der Waals surface area contributed by atoms with E-state index in [0.29, 0.717) is 74.9 Å². The van der Waals surface area contributed by atoms with Crippen molar-refractivity contribution in [1.29, 1.82) is 5.26 Å². The fraction of sp³-hybridized carbons (Fsp3) is 0.133. The fourth-order valence-corrected chi connectivity index (χ4v) is 10.7. The van der Waals surface area contributed by atoms with Gasteiger partial charge in [0.05, 0.1) is 110 Å². The summed E-state index contributed by atoms with van der Waals surface area (Å²) in [5.41, 5.74) is 18.4. The number of hydrogen-bond donors (Lipinski definition) is 1. The van der Waals surface area contributed by atoms with E-state index >= 15 is 0 Å². The second kappa shape index (κ2) is 26.5. The molecule has 424 valence electrons. The van der Waals surface area contributed by atoms with Crippen molar-refractivity contribution in [3.63, 3.8) is 0 Å². The Morgan fingerprint density at radius 1 is 0.459 bits per heavy atom. The molecule has 21 nitrogen and oxygen atoms in total. The van der Waals surface area contributed by atoms with Crippen LogP contribution in [-0.4, -0.2) is 138 Å². The summed E-state index contributed by atoms with van der Waals surface area (Å²) in [7, 11) is 0. The van der Waals surface area contributed by atoms with E-state index in [-0.39, 0.29) is 11.8 Å². The molecule has 10 heterocycles. The summed E-state index contributed by atoms with van der Waals surface area (Å²) in [5, 5.41) is 8.79. The Morgan fingerprint density at radius 3 is 1.32 bits per heavy atom. The number of nitrogens with zero attached hydrogens (tertiary/aromatic N) is 15. The van der Waals surface area contributed by atoms with Crippen LogP contribution in [0.15, 0.2) is 185 Å². The van der Waals surface area contributed by atoms with Gasteiger partial charge in [-0.1, -0.05) is 48.5 Å². The van der Waals surface area contributed by atoms with Crippen LogP contribution in [0, 0.1) is 15.0 Å². The van der Waals surface area contributed by atoms with Crippen molar-refractivity contribution in [2.24, 2.45) is 5.73 Å². The van der Waals surface area contributed by atoms with E-state index in [2.05, 4.69) is 116 Å². The number of nitriles is 1. The zero-order valence-electron chi connectivity index (χ0n) is 44.7. The number of primary amides is 1. The topological polar surface area (TPSA) is 247 Å². The third kappa shape index (κ3) is 13.5. The van der Waals surface area contributed by atoms with Crippen LogP contribution in [0.2, 0.25) is 0 Å². The van der Waals surface area contributed by atoms with Crippen LogP contribution in [0.25, 0.3) is 67.6 Å². The maximum absolute atomic E-state index is 12.5. The van der Waals surface area contributed by atoms with E-state index in [1.807, 2.05) is 131 Å². The zero-order chi connectivity index (χ0) is 59.0. The highest BCUT2D eigenvalue weighted by Gasteiger charge is 2.20. The second-order valence-electron chi connectivity index (χ2n) is 18.9. The minimum Gasteiger partial charge on any atom is -0.378 e. The molecule has 4 aromatic carbocycles. The Kier molecular flexibility index (Phi) is 18.1. The van der Waals surface area contributed by atoms with Crippen molar-refractivity contribution < 1.29 is 23.9 Å². The maximum atomic E-state index is 12.5. The normalized spacial score (nSPS) is 13.1. The summed E-state index contributed by atoms with van der Waals surface area (Å²) in [6.07, 6.45) is 21.6. The molecule has 0 atom stereocenters. The highest BCUT2D eigenvalue weighted by Crippen LogP contribution is 2.26. The summed E-state index contributed by atoms with van der Waals surface area (Å²) in [6, 6.07) is 31.8. The average molecular weight is 1440 g/mol. The van der Waals surface area contributed by atoms with Gasteiger partial charge in [0.15, 0.2) is 22.6 Å². The van der Waals surface area contributed by atoms with E-state index in [4.69, 9.17) is 20.5 Å². The van der Waals surface area contributed by atoms with Crippen molar-refractivity contribution in [3.05, 3.63) is 211 Å². The maximum Gasteiger partial charge on any atom is 0.254 e. The molecule has 8 aromatic heterocycles. The molecule has 2 aliphatic rings. The SMILES string of the molecule is N#Cc1ccc(-c2cnc3cnc(Br)cn23)cc1.NC(=O)c1ccc(-c2cnc3cnc(Br)cn23)cc1.O=C(c1ccc(-c2cn3c(Br)cnc3cn2)cc1)N1CCOCC1.O=C(c1ccc(-c2cn3c(I)cnc3cn2)cc1)N1CCOCC1. The summed E-state index contributed by atoms with van der Waals surface area (Å²) in [6.45, 7) is 5.02. The van der Waals surface area contributed by atoms with Crippen LogP contribution in [0.3, 0.4) is 0 Å². The Hall–Kier alpha value is -8.65. The number of nitrogens with two attached hydrogens (primary N) is 1. The van der Waals surface area contributed by atoms with Crippen molar-refractivity contribution in [1.82, 2.24) is 67.3 Å². The largest absolute Gasteiger partial charge is 0.378 e. The summed E-state index contributed by atoms with van der Waals surface area (Å²) in [5.74, 6) is -0.334. The number of carbonyl (C=O) groups is 3. The first kappa shape index (κ1) is 58.1. The molecule has 0 spiro atoms. The molecule has 0 bridgehead atoms. The Balaban J connectivity index is 0.000000119. The molecule has 3 amide bonds. The Labute approximate surface area is 523 Å². The Morgan fingerprint density at radius 2 is 0.847 bits per heavy atom. The molecule has 85 heavy (non-hydrogen) atoms. The Bertz CT molecular complexity index is 4270. The van der Waals surface area contributed by atoms with Gasteiger partial charge in [0.25, 0.3) is 11.8 Å². The van der Waals surface area contributed by atoms with Gasteiger partial charge in [-0.25, -0.2) is 29.9 Å². The van der Waals surface area contributed by atoms with Gasteiger partial charge in [0, 0.05) is 89.9 Å². The smallest absolute Gasteiger partial charge is 0.254 e. The lowest BCUT2D eigenvalue weighted by Crippen LogP contribution is -2.40. The first-order chi connectivity index (χ1) is 41.4. The molecule has 0 saturated carbocycles. The lowest BCUT2D eigenvalue weighted by Gasteiger charge is -2.26. The van der Waals surface area contributed by atoms with Crippen LogP contribution in [0.4, 0.5) is 0 Å². The number of aromatic nitrogens is 12. The highest BCUT2D eigenvalue weighted by molar-refractivity contribution is 14.1. The lowest BCUT2D eigenvalue weighted by molar-refractivity contribution is 0.0301. The number of ether oxygens (including phenoxy) is 2. The summed E-state index contributed by atoms with van der Waals surface area (Å²) < 4.78 is 21.8. The van der Waals surface area contributed by atoms with Crippen LogP contribution in [0.5, 0.6) is 0 Å². The number of amides is 3. The molecule has 2 N–H and O–H groups in total. The van der Waals surface area contributed by atoms with E-state index in [9.17, 15) is 14.4 Å². The third-order valence-electron chi connectivity index (χ3n) is 13.7. The van der Waals surface area contributed by atoms with Crippen LogP contribution < -0.4 is 5.73 Å². The molecule has 0 radical (unpaired) electrons. The average Bonchev–Trinajstić information content (AvgIpc) is 4.56. The minimum atomic E-state index is -0.434. The number of hydrogen-bond acceptors (Lipinski definition) is 14. The molecule has 12 aromatic rings. The summed E-state index contributed by atoms with van der Waals surface area (Å²) >= 11 is 12.4. The predicted octanol–water partition coefficient (Wildman–Crippen LogP) is 10.4. The molecular formula is C60H46Br3IN16O5. The number of halogens is 4. The minimum absolute atomic E-state index is 0.0469. The standard InChI is InChI=1S/C17H15BrN4O2.C17H15IN4O2.C13H9BrN4O.C13H7BrN4/c2*18-15-9-20-16-10-19-14(11-22(15)16)12-1-3-13(4-2-12)17(23)21-5-7-24-8-6-21;14-11-7-18-10(5-17-12(18)6-16-11)8-1-3-9(4-2-8)13(15)19;14-12-8-18-11(6-17-13(18)7-16-12)10-3-1-9(5-15)2-4-10/h2*1-4,9-11H,5-8H2;1-7H,(H2,15,19);1-4,6-8H. The number of carbonyl (C=O) groups excluding carboxylic acids is 3. The first-order valence-electron chi connectivity index (χ1n) is 26.2. The van der Waals surface area contributed by atoms with Gasteiger partial charge in [-0.3, -0.25) is 42.0 Å². The van der Waals surface area contributed by atoms with Gasteiger partial charge in [0.2, 0.25) is 5.91 Å². The first-order valence-corrected chi connectivity index (χ1v) is 29.6. The zero-order valence-corrected chi connectivity index (χ0v) is 51.6. The van der Waals surface area contributed by atoms with Gasteiger partial charge in [-0.05, 0) is 119 Å². The number of rotatable bonds is 7. The number of benzene rings is 4. The van der Waals surface area contributed by atoms with E-state index in [1.165, 1.54) is 0 Å². The molecule has 0 unspecified atom stereocenters. The van der Waals surface area contributed by atoms with Gasteiger partial charge >= 0.3 is 0 Å². The molecule has 2 saturated heterocycles. The molecule has 2 aliphatic heterocycles. The molecule has 0 aliphatic carbocycles. The van der Waals surface area contributed by atoms with Crippen LogP contribution in [0.1, 0.15) is 36.6 Å². The van der Waals surface area contributed by atoms with Gasteiger partial charge < -0.3 is 25.0 Å². The van der Waals surface area contributed by atoms with E-state index < -0.39 is 5.91 Å². The fourth-order valence-electron chi connectivity index (χ4n) is 9.16. The van der Waals surface area contributed by atoms with Crippen molar-refractivity contribution in [3.8, 4) is 51.1 Å². The van der Waals surface area contributed by atoms with Gasteiger partial charge in [-0.2, -0.15) is 5.26 Å². The van der Waals surface area contributed by atoms with E-state index in [0.717, 1.165) is 85.1 Å². The van der Waals surface area contributed by atoms with Crippen molar-refractivity contribution >= 4 is 111 Å². The third-order valence-corrected chi connectivity index (χ3v) is 15.9. The highest BCUT2D eigenvalue weighted by atomic mass is 127. The quantitative estimate of drug-likeness (QED) is 0.146. The van der Waals surface area contributed by atoms with Gasteiger partial charge in [0.1, 0.15) is 17.5 Å². The van der Waals surface area contributed by atoms with E-state index in [1.54, 1.807) is 67.6 Å².